The summed E-state index contributed by atoms with van der Waals surface area (Å²) in [7, 11) is 0. The number of hydrogen-bond acceptors (Lipinski definition) is 1. The number of hydrogen-bond donors (Lipinski definition) is 0. The Balaban J connectivity index is 2.42. The SMILES string of the molecule is CC(C)c1cccc(-c2cccc(C(C)C)n2)c1. The predicted molar refractivity (Wildman–Crippen MR) is 77.9 cm³/mol. The van der Waals surface area contributed by atoms with Gasteiger partial charge in [-0.15, -0.1) is 0 Å². The van der Waals surface area contributed by atoms with Crippen LogP contribution in [0.5, 0.6) is 0 Å². The van der Waals surface area contributed by atoms with Crippen molar-refractivity contribution in [3.05, 3.63) is 53.7 Å². The van der Waals surface area contributed by atoms with Gasteiger partial charge in [0.05, 0.1) is 5.69 Å². The molecule has 0 aliphatic heterocycles. The molecule has 1 aromatic heterocycles. The molecule has 94 valence electrons. The molecule has 2 rings (SSSR count). The fourth-order valence-corrected chi connectivity index (χ4v) is 1.99. The van der Waals surface area contributed by atoms with Crippen molar-refractivity contribution < 1.29 is 0 Å². The summed E-state index contributed by atoms with van der Waals surface area (Å²) in [6.45, 7) is 8.79. The Morgan fingerprint density at radius 3 is 2.22 bits per heavy atom. The lowest BCUT2D eigenvalue weighted by Crippen LogP contribution is -1.95. The van der Waals surface area contributed by atoms with Gasteiger partial charge in [-0.2, -0.15) is 0 Å². The van der Waals surface area contributed by atoms with E-state index in [1.807, 2.05) is 0 Å². The van der Waals surface area contributed by atoms with Gasteiger partial charge in [-0.25, -0.2) is 0 Å². The van der Waals surface area contributed by atoms with E-state index in [0.29, 0.717) is 11.8 Å². The van der Waals surface area contributed by atoms with Crippen molar-refractivity contribution in [2.45, 2.75) is 39.5 Å². The summed E-state index contributed by atoms with van der Waals surface area (Å²) in [6, 6.07) is 15.0. The highest BCUT2D eigenvalue weighted by Crippen LogP contribution is 2.24. The second-order valence-corrected chi connectivity index (χ2v) is 5.38. The van der Waals surface area contributed by atoms with Crippen LogP contribution in [0.25, 0.3) is 11.3 Å². The van der Waals surface area contributed by atoms with E-state index in [4.69, 9.17) is 4.98 Å². The highest BCUT2D eigenvalue weighted by Gasteiger charge is 2.06. The van der Waals surface area contributed by atoms with Crippen LogP contribution in [-0.2, 0) is 0 Å². The highest BCUT2D eigenvalue weighted by atomic mass is 14.7. The van der Waals surface area contributed by atoms with E-state index in [9.17, 15) is 0 Å². The molecule has 0 saturated heterocycles. The molecule has 0 bridgehead atoms. The number of pyridine rings is 1. The summed E-state index contributed by atoms with van der Waals surface area (Å²) in [5.74, 6) is 1.02. The molecular formula is C17H21N. The molecule has 0 saturated carbocycles. The van der Waals surface area contributed by atoms with Gasteiger partial charge in [0, 0.05) is 11.3 Å². The molecule has 0 atom stereocenters. The van der Waals surface area contributed by atoms with Gasteiger partial charge in [0.2, 0.25) is 0 Å². The summed E-state index contributed by atoms with van der Waals surface area (Å²) in [4.78, 5) is 4.74. The Morgan fingerprint density at radius 2 is 1.56 bits per heavy atom. The van der Waals surface area contributed by atoms with Gasteiger partial charge in [0.25, 0.3) is 0 Å². The zero-order valence-corrected chi connectivity index (χ0v) is 11.6. The molecule has 1 aromatic carbocycles. The lowest BCUT2D eigenvalue weighted by atomic mass is 9.99. The number of aromatic nitrogens is 1. The summed E-state index contributed by atoms with van der Waals surface area (Å²) >= 11 is 0. The van der Waals surface area contributed by atoms with Crippen molar-refractivity contribution in [1.29, 1.82) is 0 Å². The molecule has 2 aromatic rings. The summed E-state index contributed by atoms with van der Waals surface area (Å²) in [5, 5.41) is 0. The minimum atomic E-state index is 0.471. The monoisotopic (exact) mass is 239 g/mol. The van der Waals surface area contributed by atoms with Crippen LogP contribution in [0.4, 0.5) is 0 Å². The quantitative estimate of drug-likeness (QED) is 0.735. The molecule has 0 radical (unpaired) electrons. The van der Waals surface area contributed by atoms with Crippen molar-refractivity contribution in [1.82, 2.24) is 4.98 Å². The van der Waals surface area contributed by atoms with Gasteiger partial charge in [-0.05, 0) is 35.6 Å². The number of nitrogens with zero attached hydrogens (tertiary/aromatic N) is 1. The molecule has 0 N–H and O–H groups in total. The third-order valence-electron chi connectivity index (χ3n) is 3.21. The number of rotatable bonds is 3. The first-order valence-corrected chi connectivity index (χ1v) is 6.65. The molecule has 18 heavy (non-hydrogen) atoms. The zero-order valence-electron chi connectivity index (χ0n) is 11.6. The van der Waals surface area contributed by atoms with Crippen LogP contribution in [-0.4, -0.2) is 4.98 Å². The fourth-order valence-electron chi connectivity index (χ4n) is 1.99. The third-order valence-corrected chi connectivity index (χ3v) is 3.21. The van der Waals surface area contributed by atoms with Gasteiger partial charge < -0.3 is 0 Å². The lowest BCUT2D eigenvalue weighted by molar-refractivity contribution is 0.824. The van der Waals surface area contributed by atoms with Gasteiger partial charge in [0.15, 0.2) is 0 Å². The Bertz CT molecular complexity index is 477. The molecule has 0 amide bonds. The predicted octanol–water partition coefficient (Wildman–Crippen LogP) is 5.00. The first-order chi connectivity index (χ1) is 8.58. The lowest BCUT2D eigenvalue weighted by Gasteiger charge is -2.10. The van der Waals surface area contributed by atoms with E-state index in [0.717, 1.165) is 11.4 Å². The van der Waals surface area contributed by atoms with E-state index in [1.54, 1.807) is 0 Å². The van der Waals surface area contributed by atoms with E-state index in [-0.39, 0.29) is 0 Å². The molecule has 1 heteroatoms. The van der Waals surface area contributed by atoms with Crippen molar-refractivity contribution in [3.8, 4) is 11.3 Å². The highest BCUT2D eigenvalue weighted by molar-refractivity contribution is 5.60. The minimum Gasteiger partial charge on any atom is -0.253 e. The first kappa shape index (κ1) is 12.8. The van der Waals surface area contributed by atoms with E-state index < -0.39 is 0 Å². The van der Waals surface area contributed by atoms with Crippen LogP contribution in [0.1, 0.15) is 50.8 Å². The Labute approximate surface area is 110 Å². The van der Waals surface area contributed by atoms with Crippen LogP contribution in [0.3, 0.4) is 0 Å². The Morgan fingerprint density at radius 1 is 0.833 bits per heavy atom. The summed E-state index contributed by atoms with van der Waals surface area (Å²) in [6.07, 6.45) is 0. The third kappa shape index (κ3) is 2.79. The second kappa shape index (κ2) is 5.34. The van der Waals surface area contributed by atoms with Crippen molar-refractivity contribution in [2.24, 2.45) is 0 Å². The van der Waals surface area contributed by atoms with Crippen LogP contribution < -0.4 is 0 Å². The molecule has 0 fully saturated rings. The Hall–Kier alpha value is -1.63. The van der Waals surface area contributed by atoms with Crippen molar-refractivity contribution in [3.63, 3.8) is 0 Å². The molecular weight excluding hydrogens is 218 g/mol. The zero-order chi connectivity index (χ0) is 13.1. The molecule has 1 nitrogen and oxygen atoms in total. The second-order valence-electron chi connectivity index (χ2n) is 5.38. The summed E-state index contributed by atoms with van der Waals surface area (Å²) in [5.41, 5.74) is 4.80. The average Bonchev–Trinajstić information content (AvgIpc) is 2.39. The maximum absolute atomic E-state index is 4.74. The number of benzene rings is 1. The topological polar surface area (TPSA) is 12.9 Å². The Kier molecular flexibility index (Phi) is 3.81. The van der Waals surface area contributed by atoms with Gasteiger partial charge in [-0.3, -0.25) is 4.98 Å². The minimum absolute atomic E-state index is 0.471. The van der Waals surface area contributed by atoms with Gasteiger partial charge in [0.1, 0.15) is 0 Å². The van der Waals surface area contributed by atoms with Crippen molar-refractivity contribution in [2.75, 3.05) is 0 Å². The molecule has 1 heterocycles. The van der Waals surface area contributed by atoms with Gasteiger partial charge in [-0.1, -0.05) is 52.0 Å². The molecule has 0 unspecified atom stereocenters. The van der Waals surface area contributed by atoms with E-state index >= 15 is 0 Å². The van der Waals surface area contributed by atoms with Crippen LogP contribution in [0, 0.1) is 0 Å². The molecule has 0 aliphatic rings. The fraction of sp³-hybridized carbons (Fsp3) is 0.353. The van der Waals surface area contributed by atoms with Crippen LogP contribution in [0.2, 0.25) is 0 Å². The smallest absolute Gasteiger partial charge is 0.0705 e. The molecule has 0 spiro atoms. The van der Waals surface area contributed by atoms with E-state index in [2.05, 4.69) is 70.2 Å². The first-order valence-electron chi connectivity index (χ1n) is 6.65. The largest absolute Gasteiger partial charge is 0.253 e. The standard InChI is InChI=1S/C17H21N/c1-12(2)14-7-5-8-15(11-14)17-10-6-9-16(18-17)13(3)4/h5-13H,1-4H3. The van der Waals surface area contributed by atoms with E-state index in [1.165, 1.54) is 11.1 Å². The van der Waals surface area contributed by atoms with Gasteiger partial charge >= 0.3 is 0 Å². The van der Waals surface area contributed by atoms with Crippen LogP contribution in [0.15, 0.2) is 42.5 Å². The van der Waals surface area contributed by atoms with Crippen molar-refractivity contribution >= 4 is 0 Å². The van der Waals surface area contributed by atoms with Crippen LogP contribution >= 0.6 is 0 Å². The normalized spacial score (nSPS) is 11.2. The molecule has 0 aliphatic carbocycles. The summed E-state index contributed by atoms with van der Waals surface area (Å²) < 4.78 is 0. The maximum Gasteiger partial charge on any atom is 0.0705 e. The maximum atomic E-state index is 4.74. The average molecular weight is 239 g/mol.